The number of rotatable bonds is 3. The van der Waals surface area contributed by atoms with Crippen molar-refractivity contribution in [1.29, 1.82) is 0 Å². The zero-order chi connectivity index (χ0) is 15.0. The summed E-state index contributed by atoms with van der Waals surface area (Å²) in [6, 6.07) is 6.42. The standard InChI is InChI=1S/C16H20N2OS2/c1-9-3-6-12-13(7-9)21-15(14(12)17)16(19)18-10-4-5-11(8-10)20-2/h3,6-7,10-11H,4-5,8,17H2,1-2H3,(H,18,19). The van der Waals surface area contributed by atoms with Crippen LogP contribution in [0.25, 0.3) is 10.1 Å². The Bertz CT molecular complexity index is 680. The molecule has 2 unspecified atom stereocenters. The number of thioether (sulfide) groups is 1. The summed E-state index contributed by atoms with van der Waals surface area (Å²) < 4.78 is 1.09. The summed E-state index contributed by atoms with van der Waals surface area (Å²) in [5, 5.41) is 4.82. The summed E-state index contributed by atoms with van der Waals surface area (Å²) in [7, 11) is 0. The number of nitrogens with one attached hydrogen (secondary N) is 1. The highest BCUT2D eigenvalue weighted by atomic mass is 32.2. The van der Waals surface area contributed by atoms with Gasteiger partial charge in [-0.05, 0) is 44.1 Å². The summed E-state index contributed by atoms with van der Waals surface area (Å²) in [5.74, 6) is -0.0156. The third kappa shape index (κ3) is 2.90. The third-order valence-electron chi connectivity index (χ3n) is 4.14. The molecule has 1 fully saturated rings. The number of anilines is 1. The van der Waals surface area contributed by atoms with E-state index in [1.165, 1.54) is 23.3 Å². The van der Waals surface area contributed by atoms with Crippen LogP contribution in [0.1, 0.15) is 34.5 Å². The van der Waals surface area contributed by atoms with Gasteiger partial charge in [-0.3, -0.25) is 4.79 Å². The number of nitrogens with two attached hydrogens (primary N) is 1. The predicted octanol–water partition coefficient (Wildman–Crippen LogP) is 3.81. The van der Waals surface area contributed by atoms with Gasteiger partial charge >= 0.3 is 0 Å². The second-order valence-electron chi connectivity index (χ2n) is 5.69. The molecule has 3 rings (SSSR count). The van der Waals surface area contributed by atoms with Gasteiger partial charge in [-0.25, -0.2) is 0 Å². The molecule has 0 radical (unpaired) electrons. The molecule has 1 aliphatic carbocycles. The van der Waals surface area contributed by atoms with Crippen molar-refractivity contribution in [3.8, 4) is 0 Å². The molecule has 3 nitrogen and oxygen atoms in total. The van der Waals surface area contributed by atoms with E-state index in [0.29, 0.717) is 21.9 Å². The lowest BCUT2D eigenvalue weighted by atomic mass is 10.1. The molecule has 3 N–H and O–H groups in total. The van der Waals surface area contributed by atoms with Gasteiger partial charge in [0, 0.05) is 21.4 Å². The van der Waals surface area contributed by atoms with Crippen molar-refractivity contribution in [3.05, 3.63) is 28.6 Å². The Morgan fingerprint density at radius 1 is 1.43 bits per heavy atom. The van der Waals surface area contributed by atoms with Crippen LogP contribution in [0.5, 0.6) is 0 Å². The maximum Gasteiger partial charge on any atom is 0.263 e. The first kappa shape index (κ1) is 14.7. The largest absolute Gasteiger partial charge is 0.397 e. The topological polar surface area (TPSA) is 55.1 Å². The third-order valence-corrected chi connectivity index (χ3v) is 6.41. The van der Waals surface area contributed by atoms with Gasteiger partial charge in [0.25, 0.3) is 5.91 Å². The maximum atomic E-state index is 12.5. The van der Waals surface area contributed by atoms with E-state index in [-0.39, 0.29) is 5.91 Å². The molecule has 1 aromatic carbocycles. The van der Waals surface area contributed by atoms with Crippen LogP contribution in [-0.4, -0.2) is 23.5 Å². The Balaban J connectivity index is 1.80. The smallest absolute Gasteiger partial charge is 0.263 e. The first-order chi connectivity index (χ1) is 10.1. The number of amides is 1. The number of carbonyl (C=O) groups excluding carboxylic acids is 1. The lowest BCUT2D eigenvalue weighted by molar-refractivity contribution is 0.0943. The van der Waals surface area contributed by atoms with Crippen LogP contribution in [-0.2, 0) is 0 Å². The van der Waals surface area contributed by atoms with Crippen molar-refractivity contribution in [1.82, 2.24) is 5.32 Å². The lowest BCUT2D eigenvalue weighted by Crippen LogP contribution is -2.32. The van der Waals surface area contributed by atoms with Gasteiger partial charge in [-0.1, -0.05) is 12.1 Å². The van der Waals surface area contributed by atoms with E-state index in [4.69, 9.17) is 5.73 Å². The first-order valence-corrected chi connectivity index (χ1v) is 9.31. The van der Waals surface area contributed by atoms with Crippen LogP contribution in [0.15, 0.2) is 18.2 Å². The van der Waals surface area contributed by atoms with Crippen LogP contribution < -0.4 is 11.1 Å². The molecule has 0 aliphatic heterocycles. The molecule has 2 aromatic rings. The second kappa shape index (κ2) is 5.89. The molecular formula is C16H20N2OS2. The van der Waals surface area contributed by atoms with Crippen molar-refractivity contribution in [2.45, 2.75) is 37.5 Å². The first-order valence-electron chi connectivity index (χ1n) is 7.20. The minimum absolute atomic E-state index is 0.0156. The molecule has 112 valence electrons. The average molecular weight is 320 g/mol. The highest BCUT2D eigenvalue weighted by Gasteiger charge is 2.26. The molecule has 1 aliphatic rings. The molecule has 21 heavy (non-hydrogen) atoms. The number of benzene rings is 1. The molecule has 1 heterocycles. The quantitative estimate of drug-likeness (QED) is 0.904. The fourth-order valence-corrected chi connectivity index (χ4v) is 4.85. The molecule has 1 aromatic heterocycles. The van der Waals surface area contributed by atoms with Gasteiger partial charge < -0.3 is 11.1 Å². The van der Waals surface area contributed by atoms with Crippen LogP contribution >= 0.6 is 23.1 Å². The molecule has 5 heteroatoms. The van der Waals surface area contributed by atoms with E-state index in [2.05, 4.69) is 24.6 Å². The zero-order valence-corrected chi connectivity index (χ0v) is 13.9. The summed E-state index contributed by atoms with van der Waals surface area (Å²) >= 11 is 3.39. The summed E-state index contributed by atoms with van der Waals surface area (Å²) in [6.45, 7) is 2.05. The normalized spacial score (nSPS) is 21.8. The Morgan fingerprint density at radius 2 is 2.24 bits per heavy atom. The van der Waals surface area contributed by atoms with E-state index in [9.17, 15) is 4.79 Å². The fourth-order valence-electron chi connectivity index (χ4n) is 2.93. The minimum Gasteiger partial charge on any atom is -0.397 e. The van der Waals surface area contributed by atoms with Gasteiger partial charge in [0.1, 0.15) is 4.88 Å². The van der Waals surface area contributed by atoms with Crippen molar-refractivity contribution in [3.63, 3.8) is 0 Å². The van der Waals surface area contributed by atoms with Gasteiger partial charge in [-0.15, -0.1) is 11.3 Å². The molecule has 0 saturated heterocycles. The van der Waals surface area contributed by atoms with Crippen molar-refractivity contribution in [2.24, 2.45) is 0 Å². The zero-order valence-electron chi connectivity index (χ0n) is 12.3. The molecule has 1 amide bonds. The average Bonchev–Trinajstić information content (AvgIpc) is 3.03. The molecule has 0 spiro atoms. The van der Waals surface area contributed by atoms with Gasteiger partial charge in [0.05, 0.1) is 5.69 Å². The predicted molar refractivity (Wildman–Crippen MR) is 93.4 cm³/mol. The van der Waals surface area contributed by atoms with Crippen LogP contribution in [0.4, 0.5) is 5.69 Å². The monoisotopic (exact) mass is 320 g/mol. The molecule has 0 bridgehead atoms. The van der Waals surface area contributed by atoms with Gasteiger partial charge in [0.15, 0.2) is 0 Å². The van der Waals surface area contributed by atoms with Crippen molar-refractivity contribution in [2.75, 3.05) is 12.0 Å². The summed E-state index contributed by atoms with van der Waals surface area (Å²) in [4.78, 5) is 13.1. The Kier molecular flexibility index (Phi) is 4.13. The number of aryl methyl sites for hydroxylation is 1. The number of nitrogen functional groups attached to an aromatic ring is 1. The van der Waals surface area contributed by atoms with Crippen LogP contribution in [0, 0.1) is 6.92 Å². The lowest BCUT2D eigenvalue weighted by Gasteiger charge is -2.12. The SMILES string of the molecule is CSC1CCC(NC(=O)c2sc3cc(C)ccc3c2N)C1. The highest BCUT2D eigenvalue weighted by molar-refractivity contribution is 7.99. The van der Waals surface area contributed by atoms with E-state index >= 15 is 0 Å². The summed E-state index contributed by atoms with van der Waals surface area (Å²) in [5.41, 5.74) is 7.97. The van der Waals surface area contributed by atoms with E-state index < -0.39 is 0 Å². The maximum absolute atomic E-state index is 12.5. The Hall–Kier alpha value is -1.20. The minimum atomic E-state index is -0.0156. The number of thiophene rings is 1. The van der Waals surface area contributed by atoms with Crippen molar-refractivity contribution >= 4 is 44.8 Å². The molecule has 1 saturated carbocycles. The Labute approximate surface area is 133 Å². The van der Waals surface area contributed by atoms with Gasteiger partial charge in [-0.2, -0.15) is 11.8 Å². The molecule has 2 atom stereocenters. The molecular weight excluding hydrogens is 300 g/mol. The fraction of sp³-hybridized carbons (Fsp3) is 0.438. The highest BCUT2D eigenvalue weighted by Crippen LogP contribution is 2.35. The Morgan fingerprint density at radius 3 is 2.95 bits per heavy atom. The van der Waals surface area contributed by atoms with Crippen molar-refractivity contribution < 1.29 is 4.79 Å². The van der Waals surface area contributed by atoms with Crippen LogP contribution in [0.2, 0.25) is 0 Å². The van der Waals surface area contributed by atoms with E-state index in [1.54, 1.807) is 0 Å². The van der Waals surface area contributed by atoms with E-state index in [0.717, 1.165) is 22.9 Å². The second-order valence-corrected chi connectivity index (χ2v) is 7.88. The summed E-state index contributed by atoms with van der Waals surface area (Å²) in [6.07, 6.45) is 5.46. The van der Waals surface area contributed by atoms with Gasteiger partial charge in [0.2, 0.25) is 0 Å². The number of hydrogen-bond acceptors (Lipinski definition) is 4. The number of carbonyl (C=O) groups is 1. The van der Waals surface area contributed by atoms with Crippen LogP contribution in [0.3, 0.4) is 0 Å². The number of hydrogen-bond donors (Lipinski definition) is 2. The number of fused-ring (bicyclic) bond motifs is 1. The van der Waals surface area contributed by atoms with E-state index in [1.807, 2.05) is 23.9 Å².